The van der Waals surface area contributed by atoms with Gasteiger partial charge in [0, 0.05) is 65.9 Å². The molecule has 0 bridgehead atoms. The number of hydrogen-bond acceptors (Lipinski definition) is 4. The summed E-state index contributed by atoms with van der Waals surface area (Å²) in [5, 5.41) is 7.01. The van der Waals surface area contributed by atoms with Crippen LogP contribution in [0.5, 0.6) is 0 Å². The predicted octanol–water partition coefficient (Wildman–Crippen LogP) is 14.6. The first-order chi connectivity index (χ1) is 31.2. The van der Waals surface area contributed by atoms with Gasteiger partial charge in [-0.1, -0.05) is 152 Å². The third-order valence-corrected chi connectivity index (χ3v) is 12.4. The fourth-order valence-electron chi connectivity index (χ4n) is 9.57. The maximum atomic E-state index is 6.66. The minimum absolute atomic E-state index is 0.573. The topological polar surface area (TPSA) is 61.7 Å². The zero-order chi connectivity index (χ0) is 41.4. The zero-order valence-electron chi connectivity index (χ0n) is 33.9. The first-order valence-electron chi connectivity index (χ1n) is 21.2. The molecule has 0 aliphatic carbocycles. The second kappa shape index (κ2) is 14.0. The molecule has 0 unspecified atom stereocenters. The Hall–Kier alpha value is -8.61. The summed E-state index contributed by atoms with van der Waals surface area (Å²) >= 11 is 0. The van der Waals surface area contributed by atoms with Gasteiger partial charge in [-0.15, -0.1) is 0 Å². The van der Waals surface area contributed by atoms with Crippen LogP contribution in [0.3, 0.4) is 0 Å². The molecule has 0 spiro atoms. The molecule has 0 atom stereocenters. The Bertz CT molecular complexity index is 3900. The third kappa shape index (κ3) is 5.55. The predicted molar refractivity (Wildman–Crippen MR) is 258 cm³/mol. The van der Waals surface area contributed by atoms with Crippen molar-refractivity contribution in [2.45, 2.75) is 0 Å². The van der Waals surface area contributed by atoms with E-state index in [1.165, 1.54) is 32.6 Å². The summed E-state index contributed by atoms with van der Waals surface area (Å²) in [6.45, 7) is 0. The van der Waals surface area contributed by atoms with E-state index in [2.05, 4.69) is 185 Å². The molecule has 0 saturated heterocycles. The highest BCUT2D eigenvalue weighted by Gasteiger charge is 2.22. The summed E-state index contributed by atoms with van der Waals surface area (Å²) in [7, 11) is 0. The van der Waals surface area contributed by atoms with Gasteiger partial charge in [-0.05, 0) is 66.2 Å². The van der Waals surface area contributed by atoms with Crippen LogP contribution < -0.4 is 0 Å². The molecule has 4 heterocycles. The molecule has 9 aromatic carbocycles. The lowest BCUT2D eigenvalue weighted by molar-refractivity contribution is 0.670. The van der Waals surface area contributed by atoms with Gasteiger partial charge in [0.2, 0.25) is 0 Å². The van der Waals surface area contributed by atoms with Crippen LogP contribution >= 0.6 is 0 Å². The number of nitrogens with zero attached hydrogens (tertiary/aromatic N) is 5. The summed E-state index contributed by atoms with van der Waals surface area (Å²) in [5.74, 6) is 1.76. The molecule has 13 rings (SSSR count). The van der Waals surface area contributed by atoms with Crippen LogP contribution in [-0.4, -0.2) is 24.1 Å². The molecule has 0 amide bonds. The van der Waals surface area contributed by atoms with Crippen molar-refractivity contribution in [3.05, 3.63) is 212 Å². The molecule has 63 heavy (non-hydrogen) atoms. The summed E-state index contributed by atoms with van der Waals surface area (Å²) in [6, 6.07) is 74.3. The molecule has 0 aliphatic rings. The molecule has 13 aromatic rings. The van der Waals surface area contributed by atoms with E-state index in [1.807, 2.05) is 36.4 Å². The highest BCUT2D eigenvalue weighted by molar-refractivity contribution is 6.29. The Morgan fingerprint density at radius 1 is 0.317 bits per heavy atom. The molecule has 0 aliphatic heterocycles. The Labute approximate surface area is 361 Å². The van der Waals surface area contributed by atoms with Crippen LogP contribution in [0.4, 0.5) is 0 Å². The first-order valence-corrected chi connectivity index (χ1v) is 21.2. The standard InChI is InChI=1S/C57H35N5O/c1-4-16-36(17-5-1)42-26-15-27-44-43-31-30-39(35-51(43)63-54(42)44)57-59-55(37-18-6-2-7-19-37)58-56(60-57)38-20-14-23-41(34-38)62-48-29-13-11-25-46(48)53-50(62)33-32-49-52(53)45-24-10-12-28-47(45)61(49)40-21-8-3-9-22-40/h1-35H. The van der Waals surface area contributed by atoms with Crippen molar-refractivity contribution in [1.82, 2.24) is 24.1 Å². The zero-order valence-corrected chi connectivity index (χ0v) is 33.9. The second-order valence-electron chi connectivity index (χ2n) is 16.0. The van der Waals surface area contributed by atoms with Gasteiger partial charge in [-0.2, -0.15) is 0 Å². The Balaban J connectivity index is 0.990. The van der Waals surface area contributed by atoms with Crippen molar-refractivity contribution in [2.75, 3.05) is 0 Å². The Kier molecular flexibility index (Phi) is 7.80. The fraction of sp³-hybridized carbons (Fsp3) is 0. The van der Waals surface area contributed by atoms with E-state index >= 15 is 0 Å². The van der Waals surface area contributed by atoms with E-state index in [4.69, 9.17) is 19.4 Å². The number of furan rings is 1. The molecule has 294 valence electrons. The van der Waals surface area contributed by atoms with Gasteiger partial charge in [0.05, 0.1) is 22.1 Å². The smallest absolute Gasteiger partial charge is 0.164 e. The third-order valence-electron chi connectivity index (χ3n) is 12.4. The van der Waals surface area contributed by atoms with Gasteiger partial charge in [-0.25, -0.2) is 15.0 Å². The van der Waals surface area contributed by atoms with Crippen molar-refractivity contribution >= 4 is 65.6 Å². The number of fused-ring (bicyclic) bond motifs is 10. The first kappa shape index (κ1) is 35.2. The Morgan fingerprint density at radius 2 is 0.810 bits per heavy atom. The van der Waals surface area contributed by atoms with Crippen LogP contribution in [0.25, 0.3) is 122 Å². The molecule has 6 heteroatoms. The average molecular weight is 806 g/mol. The normalized spacial score (nSPS) is 11.8. The van der Waals surface area contributed by atoms with Crippen LogP contribution in [-0.2, 0) is 0 Å². The molecule has 6 nitrogen and oxygen atoms in total. The van der Waals surface area contributed by atoms with Crippen LogP contribution in [0.15, 0.2) is 217 Å². The SMILES string of the molecule is c1ccc(-c2nc(-c3cccc(-n4c5ccccc5c5c6c7ccccc7n(-c7ccccc7)c6ccc54)c3)nc(-c3ccc4c(c3)oc3c(-c5ccccc5)cccc34)n2)cc1. The lowest BCUT2D eigenvalue weighted by Crippen LogP contribution is -2.01. The molecule has 4 aromatic heterocycles. The summed E-state index contributed by atoms with van der Waals surface area (Å²) in [5.41, 5.74) is 13.2. The van der Waals surface area contributed by atoms with Gasteiger partial charge >= 0.3 is 0 Å². The summed E-state index contributed by atoms with van der Waals surface area (Å²) in [6.07, 6.45) is 0. The van der Waals surface area contributed by atoms with Gasteiger partial charge < -0.3 is 13.6 Å². The highest BCUT2D eigenvalue weighted by Crippen LogP contribution is 2.43. The van der Waals surface area contributed by atoms with Gasteiger partial charge in [0.25, 0.3) is 0 Å². The van der Waals surface area contributed by atoms with Gasteiger partial charge in [0.1, 0.15) is 11.2 Å². The van der Waals surface area contributed by atoms with Crippen molar-refractivity contribution in [3.63, 3.8) is 0 Å². The van der Waals surface area contributed by atoms with Crippen LogP contribution in [0.2, 0.25) is 0 Å². The maximum absolute atomic E-state index is 6.66. The molecule has 0 radical (unpaired) electrons. The van der Waals surface area contributed by atoms with E-state index in [9.17, 15) is 0 Å². The number of benzene rings is 9. The quantitative estimate of drug-likeness (QED) is 0.168. The van der Waals surface area contributed by atoms with Gasteiger partial charge in [-0.3, -0.25) is 0 Å². The van der Waals surface area contributed by atoms with E-state index in [-0.39, 0.29) is 0 Å². The Morgan fingerprint density at radius 3 is 1.48 bits per heavy atom. The summed E-state index contributed by atoms with van der Waals surface area (Å²) < 4.78 is 11.4. The maximum Gasteiger partial charge on any atom is 0.164 e. The summed E-state index contributed by atoms with van der Waals surface area (Å²) in [4.78, 5) is 15.4. The minimum Gasteiger partial charge on any atom is -0.455 e. The minimum atomic E-state index is 0.573. The van der Waals surface area contributed by atoms with E-state index < -0.39 is 0 Å². The number of hydrogen-bond donors (Lipinski definition) is 0. The molecular weight excluding hydrogens is 771 g/mol. The van der Waals surface area contributed by atoms with E-state index in [0.29, 0.717) is 17.5 Å². The fourth-order valence-corrected chi connectivity index (χ4v) is 9.57. The second-order valence-corrected chi connectivity index (χ2v) is 16.0. The van der Waals surface area contributed by atoms with Crippen molar-refractivity contribution in [3.8, 4) is 56.7 Å². The highest BCUT2D eigenvalue weighted by atomic mass is 16.3. The van der Waals surface area contributed by atoms with Crippen molar-refractivity contribution in [1.29, 1.82) is 0 Å². The number of rotatable bonds is 6. The van der Waals surface area contributed by atoms with Crippen LogP contribution in [0, 0.1) is 0 Å². The molecule has 0 fully saturated rings. The monoisotopic (exact) mass is 805 g/mol. The lowest BCUT2D eigenvalue weighted by atomic mass is 10.0. The molecule has 0 N–H and O–H groups in total. The lowest BCUT2D eigenvalue weighted by Gasteiger charge is -2.12. The number of aromatic nitrogens is 5. The van der Waals surface area contributed by atoms with Crippen molar-refractivity contribution < 1.29 is 4.42 Å². The molecule has 0 saturated carbocycles. The van der Waals surface area contributed by atoms with Crippen LogP contribution in [0.1, 0.15) is 0 Å². The van der Waals surface area contributed by atoms with Gasteiger partial charge in [0.15, 0.2) is 17.5 Å². The average Bonchev–Trinajstić information content (AvgIpc) is 4.02. The van der Waals surface area contributed by atoms with Crippen molar-refractivity contribution in [2.24, 2.45) is 0 Å². The largest absolute Gasteiger partial charge is 0.455 e. The van der Waals surface area contributed by atoms with E-state index in [1.54, 1.807) is 0 Å². The molecular formula is C57H35N5O. The number of para-hydroxylation sites is 4. The van der Waals surface area contributed by atoms with E-state index in [0.717, 1.165) is 72.2 Å².